The summed E-state index contributed by atoms with van der Waals surface area (Å²) in [4.78, 5) is 22.9. The van der Waals surface area contributed by atoms with E-state index in [1.54, 1.807) is 0 Å². The van der Waals surface area contributed by atoms with Crippen LogP contribution in [-0.4, -0.2) is 35.1 Å². The molecule has 0 aliphatic heterocycles. The summed E-state index contributed by atoms with van der Waals surface area (Å²) in [6.07, 6.45) is -4.58. The van der Waals surface area contributed by atoms with E-state index in [0.29, 0.717) is 5.76 Å². The van der Waals surface area contributed by atoms with Crippen LogP contribution in [0.2, 0.25) is 0 Å². The molecule has 11 heteroatoms. The minimum absolute atomic E-state index is 0.121. The summed E-state index contributed by atoms with van der Waals surface area (Å²) in [5, 5.41) is 14.4. The number of nitrogens with one attached hydrogen (secondary N) is 2. The summed E-state index contributed by atoms with van der Waals surface area (Å²) in [6, 6.07) is 5.72. The van der Waals surface area contributed by atoms with Gasteiger partial charge in [0.05, 0.1) is 0 Å². The Morgan fingerprint density at radius 3 is 2.48 bits per heavy atom. The molecular weight excluding hydrogens is 347 g/mol. The summed E-state index contributed by atoms with van der Waals surface area (Å²) in [5.74, 6) is -1.47. The van der Waals surface area contributed by atoms with Gasteiger partial charge in [-0.3, -0.25) is 14.8 Å². The molecule has 134 valence electrons. The number of halogens is 3. The smallest absolute Gasteiger partial charge is 0.406 e. The van der Waals surface area contributed by atoms with Crippen molar-refractivity contribution < 1.29 is 37.2 Å². The maximum absolute atomic E-state index is 12.0. The molecule has 0 unspecified atom stereocenters. The molecule has 2 aromatic rings. The van der Waals surface area contributed by atoms with Crippen LogP contribution in [0.4, 0.5) is 13.2 Å². The maximum atomic E-state index is 12.0. The molecule has 2 rings (SSSR count). The minimum atomic E-state index is -4.80. The van der Waals surface area contributed by atoms with E-state index in [9.17, 15) is 22.8 Å². The quantitative estimate of drug-likeness (QED) is 0.534. The van der Waals surface area contributed by atoms with Gasteiger partial charge in [-0.25, -0.2) is 5.48 Å². The van der Waals surface area contributed by atoms with Crippen LogP contribution in [0.25, 0.3) is 0 Å². The van der Waals surface area contributed by atoms with Crippen molar-refractivity contribution in [3.8, 4) is 5.75 Å². The first kappa shape index (κ1) is 18.3. The molecule has 2 amide bonds. The number of nitrogens with zero attached hydrogens (tertiary/aromatic N) is 1. The zero-order valence-corrected chi connectivity index (χ0v) is 12.5. The highest BCUT2D eigenvalue weighted by Gasteiger charge is 2.31. The fraction of sp³-hybridized carbons (Fsp3) is 0.214. The van der Waals surface area contributed by atoms with Crippen molar-refractivity contribution in [1.82, 2.24) is 16.0 Å². The number of hydrogen-bond donors (Lipinski definition) is 3. The molecule has 0 saturated heterocycles. The van der Waals surface area contributed by atoms with E-state index in [0.717, 1.165) is 12.1 Å². The fourth-order valence-corrected chi connectivity index (χ4v) is 1.80. The van der Waals surface area contributed by atoms with Gasteiger partial charge in [-0.15, -0.1) is 13.2 Å². The molecule has 0 aliphatic rings. The van der Waals surface area contributed by atoms with Crippen LogP contribution in [0.1, 0.15) is 26.6 Å². The fourth-order valence-electron chi connectivity index (χ4n) is 1.80. The van der Waals surface area contributed by atoms with Gasteiger partial charge in [0.1, 0.15) is 11.5 Å². The molecule has 0 spiro atoms. The molecule has 1 heterocycles. The number of hydrogen-bond acceptors (Lipinski definition) is 6. The Morgan fingerprint density at radius 2 is 1.88 bits per heavy atom. The van der Waals surface area contributed by atoms with Gasteiger partial charge in [0.2, 0.25) is 0 Å². The number of ether oxygens (including phenoxy) is 1. The lowest BCUT2D eigenvalue weighted by Gasteiger charge is -2.09. The first-order valence-corrected chi connectivity index (χ1v) is 6.82. The van der Waals surface area contributed by atoms with Gasteiger partial charge in [0.25, 0.3) is 11.8 Å². The van der Waals surface area contributed by atoms with Gasteiger partial charge >= 0.3 is 6.36 Å². The molecule has 1 aromatic heterocycles. The second-order valence-corrected chi connectivity index (χ2v) is 4.70. The summed E-state index contributed by atoms with van der Waals surface area (Å²) >= 11 is 0. The Kier molecular flexibility index (Phi) is 5.60. The van der Waals surface area contributed by atoms with E-state index in [1.807, 2.05) is 0 Å². The number of amides is 2. The Labute approximate surface area is 138 Å². The van der Waals surface area contributed by atoms with Gasteiger partial charge in [-0.1, -0.05) is 5.16 Å². The molecule has 0 bridgehead atoms. The van der Waals surface area contributed by atoms with E-state index in [1.165, 1.54) is 23.7 Å². The van der Waals surface area contributed by atoms with Gasteiger partial charge in [0.15, 0.2) is 5.69 Å². The number of rotatable bonds is 6. The third-order valence-corrected chi connectivity index (χ3v) is 2.90. The summed E-state index contributed by atoms with van der Waals surface area (Å²) in [5.41, 5.74) is 1.42. The monoisotopic (exact) mass is 359 g/mol. The number of carbonyl (C=O) groups excluding carboxylic acids is 2. The molecule has 0 saturated carbocycles. The minimum Gasteiger partial charge on any atom is -0.406 e. The molecule has 0 aliphatic carbocycles. The lowest BCUT2D eigenvalue weighted by atomic mass is 10.2. The van der Waals surface area contributed by atoms with Crippen LogP contribution in [-0.2, 0) is 6.42 Å². The van der Waals surface area contributed by atoms with Gasteiger partial charge in [0, 0.05) is 24.6 Å². The number of benzene rings is 1. The lowest BCUT2D eigenvalue weighted by Crippen LogP contribution is -2.25. The lowest BCUT2D eigenvalue weighted by molar-refractivity contribution is -0.274. The summed E-state index contributed by atoms with van der Waals surface area (Å²) in [6.45, 7) is 0.134. The third-order valence-electron chi connectivity index (χ3n) is 2.90. The van der Waals surface area contributed by atoms with E-state index in [2.05, 4.69) is 15.2 Å². The molecule has 8 nitrogen and oxygen atoms in total. The van der Waals surface area contributed by atoms with E-state index in [-0.39, 0.29) is 24.2 Å². The van der Waals surface area contributed by atoms with E-state index < -0.39 is 23.9 Å². The number of alkyl halides is 3. The first-order chi connectivity index (χ1) is 11.8. The number of carbonyl (C=O) groups is 2. The molecular formula is C14H12F3N3O5. The molecule has 3 N–H and O–H groups in total. The average Bonchev–Trinajstić information content (AvgIpc) is 3.02. The number of hydroxylamine groups is 1. The Bertz CT molecular complexity index is 743. The predicted octanol–water partition coefficient (Wildman–Crippen LogP) is 1.66. The largest absolute Gasteiger partial charge is 0.573 e. The molecule has 0 fully saturated rings. The summed E-state index contributed by atoms with van der Waals surface area (Å²) < 4.78 is 44.7. The van der Waals surface area contributed by atoms with Crippen molar-refractivity contribution in [2.45, 2.75) is 12.8 Å². The van der Waals surface area contributed by atoms with E-state index in [4.69, 9.17) is 9.73 Å². The van der Waals surface area contributed by atoms with Crippen LogP contribution in [0, 0.1) is 0 Å². The molecule has 0 radical (unpaired) electrons. The SMILES string of the molecule is O=C(NCCc1cc(C(=O)NO)no1)c1ccc(OC(F)(F)F)cc1. The zero-order chi connectivity index (χ0) is 18.4. The van der Waals surface area contributed by atoms with Crippen molar-refractivity contribution in [1.29, 1.82) is 0 Å². The highest BCUT2D eigenvalue weighted by atomic mass is 19.4. The normalized spacial score (nSPS) is 11.0. The van der Waals surface area contributed by atoms with Crippen LogP contribution in [0.3, 0.4) is 0 Å². The van der Waals surface area contributed by atoms with Gasteiger partial charge in [-0.2, -0.15) is 0 Å². The van der Waals surface area contributed by atoms with Crippen molar-refractivity contribution in [3.63, 3.8) is 0 Å². The van der Waals surface area contributed by atoms with Crippen LogP contribution >= 0.6 is 0 Å². The Hall–Kier alpha value is -3.08. The van der Waals surface area contributed by atoms with Gasteiger partial charge < -0.3 is 14.6 Å². The van der Waals surface area contributed by atoms with Crippen molar-refractivity contribution in [3.05, 3.63) is 47.3 Å². The zero-order valence-electron chi connectivity index (χ0n) is 12.5. The first-order valence-electron chi connectivity index (χ1n) is 6.82. The topological polar surface area (TPSA) is 114 Å². The molecule has 25 heavy (non-hydrogen) atoms. The van der Waals surface area contributed by atoms with Gasteiger partial charge in [-0.05, 0) is 24.3 Å². The number of aromatic nitrogens is 1. The highest BCUT2D eigenvalue weighted by molar-refractivity contribution is 5.94. The summed E-state index contributed by atoms with van der Waals surface area (Å²) in [7, 11) is 0. The second kappa shape index (κ2) is 7.66. The maximum Gasteiger partial charge on any atom is 0.573 e. The van der Waals surface area contributed by atoms with Crippen LogP contribution < -0.4 is 15.5 Å². The Balaban J connectivity index is 1.84. The van der Waals surface area contributed by atoms with Crippen molar-refractivity contribution >= 4 is 11.8 Å². The predicted molar refractivity (Wildman–Crippen MR) is 74.9 cm³/mol. The molecule has 0 atom stereocenters. The second-order valence-electron chi connectivity index (χ2n) is 4.70. The highest BCUT2D eigenvalue weighted by Crippen LogP contribution is 2.22. The van der Waals surface area contributed by atoms with Crippen molar-refractivity contribution in [2.75, 3.05) is 6.54 Å². The van der Waals surface area contributed by atoms with Crippen molar-refractivity contribution in [2.24, 2.45) is 0 Å². The van der Waals surface area contributed by atoms with Crippen LogP contribution in [0.15, 0.2) is 34.9 Å². The molecule has 1 aromatic carbocycles. The average molecular weight is 359 g/mol. The Morgan fingerprint density at radius 1 is 1.20 bits per heavy atom. The standard InChI is InChI=1S/C14H12F3N3O5/c15-14(16,17)24-9-3-1-8(2-4-9)12(21)18-6-5-10-7-11(20-25-10)13(22)19-23/h1-4,7,23H,5-6H2,(H,18,21)(H,19,22). The van der Waals surface area contributed by atoms with Crippen LogP contribution in [0.5, 0.6) is 5.75 Å². The third kappa shape index (κ3) is 5.49. The van der Waals surface area contributed by atoms with E-state index >= 15 is 0 Å².